The van der Waals surface area contributed by atoms with Crippen LogP contribution in [-0.2, 0) is 0 Å². The predicted molar refractivity (Wildman–Crippen MR) is 97.9 cm³/mol. The van der Waals surface area contributed by atoms with Crippen molar-refractivity contribution in [1.29, 1.82) is 0 Å². The van der Waals surface area contributed by atoms with E-state index in [-0.39, 0.29) is 28.0 Å². The molecule has 0 spiro atoms. The Hall–Kier alpha value is -3.54. The lowest BCUT2D eigenvalue weighted by atomic mass is 10.1. The molecule has 0 saturated heterocycles. The van der Waals surface area contributed by atoms with Gasteiger partial charge in [-0.3, -0.25) is 4.79 Å². The summed E-state index contributed by atoms with van der Waals surface area (Å²) in [6.07, 6.45) is 3.48. The molecule has 3 rings (SSSR count). The van der Waals surface area contributed by atoms with Crippen molar-refractivity contribution in [2.45, 2.75) is 0 Å². The molecule has 0 fully saturated rings. The van der Waals surface area contributed by atoms with Crippen LogP contribution in [0.5, 0.6) is 11.5 Å². The van der Waals surface area contributed by atoms with Crippen LogP contribution in [-0.4, -0.2) is 25.3 Å². The van der Waals surface area contributed by atoms with Gasteiger partial charge in [-0.2, -0.15) is 0 Å². The normalized spacial score (nSPS) is 11.0. The Morgan fingerprint density at radius 2 is 1.81 bits per heavy atom. The van der Waals surface area contributed by atoms with Gasteiger partial charge in [-0.1, -0.05) is 36.4 Å². The first-order valence-electron chi connectivity index (χ1n) is 7.74. The van der Waals surface area contributed by atoms with Gasteiger partial charge in [-0.05, 0) is 11.6 Å². The van der Waals surface area contributed by atoms with Crippen LogP contribution in [0.1, 0.15) is 21.7 Å². The number of fused-ring (bicyclic) bond motifs is 1. The van der Waals surface area contributed by atoms with Crippen molar-refractivity contribution in [3.05, 3.63) is 69.6 Å². The Morgan fingerprint density at radius 3 is 2.42 bits per heavy atom. The molecule has 6 nitrogen and oxygen atoms in total. The lowest BCUT2D eigenvalue weighted by molar-refractivity contribution is 0.0690. The summed E-state index contributed by atoms with van der Waals surface area (Å²) in [6, 6.07) is 12.2. The molecule has 0 amide bonds. The highest BCUT2D eigenvalue weighted by atomic mass is 16.5. The summed E-state index contributed by atoms with van der Waals surface area (Å²) in [5, 5.41) is 9.48. The Balaban J connectivity index is 2.20. The molecule has 1 N–H and O–H groups in total. The lowest BCUT2D eigenvalue weighted by Crippen LogP contribution is -2.09. The molecular formula is C20H16O6. The van der Waals surface area contributed by atoms with Crippen molar-refractivity contribution in [2.24, 2.45) is 0 Å². The average molecular weight is 352 g/mol. The number of hydrogen-bond donors (Lipinski definition) is 1. The quantitative estimate of drug-likeness (QED) is 0.754. The third-order valence-corrected chi connectivity index (χ3v) is 3.83. The fraction of sp³-hybridized carbons (Fsp3) is 0.100. The first-order valence-corrected chi connectivity index (χ1v) is 7.74. The number of ether oxygens (including phenoxy) is 2. The first kappa shape index (κ1) is 17.3. The van der Waals surface area contributed by atoms with Crippen LogP contribution in [0.2, 0.25) is 0 Å². The van der Waals surface area contributed by atoms with E-state index in [0.717, 1.165) is 5.56 Å². The smallest absolute Gasteiger partial charge is 0.343 e. The number of aromatic carboxylic acids is 1. The van der Waals surface area contributed by atoms with Crippen molar-refractivity contribution in [3.8, 4) is 11.5 Å². The highest BCUT2D eigenvalue weighted by Gasteiger charge is 2.24. The predicted octanol–water partition coefficient (Wildman–Crippen LogP) is 3.68. The summed E-state index contributed by atoms with van der Waals surface area (Å²) in [4.78, 5) is 24.1. The SMILES string of the molecule is COc1cc2oc(C=Cc3ccccc3)cc(=O)c2c(OC)c1C(=O)O. The van der Waals surface area contributed by atoms with Gasteiger partial charge >= 0.3 is 5.97 Å². The third-order valence-electron chi connectivity index (χ3n) is 3.83. The largest absolute Gasteiger partial charge is 0.496 e. The fourth-order valence-corrected chi connectivity index (χ4v) is 2.68. The molecule has 0 saturated carbocycles. The van der Waals surface area contributed by atoms with E-state index in [0.29, 0.717) is 5.76 Å². The molecule has 3 aromatic rings. The van der Waals surface area contributed by atoms with E-state index in [2.05, 4.69) is 0 Å². The number of rotatable bonds is 5. The first-order chi connectivity index (χ1) is 12.5. The second-order valence-corrected chi connectivity index (χ2v) is 5.42. The highest BCUT2D eigenvalue weighted by molar-refractivity contribution is 6.02. The standard InChI is InChI=1S/C20H16O6/c1-24-15-11-16-17(19(25-2)18(15)20(22)23)14(21)10-13(26-16)9-8-12-6-4-3-5-7-12/h3-11H,1-2H3,(H,22,23). The van der Waals surface area contributed by atoms with Gasteiger partial charge in [0, 0.05) is 12.1 Å². The van der Waals surface area contributed by atoms with Crippen LogP contribution in [0.3, 0.4) is 0 Å². The molecule has 6 heteroatoms. The molecule has 0 unspecified atom stereocenters. The number of hydrogen-bond acceptors (Lipinski definition) is 5. The van der Waals surface area contributed by atoms with Gasteiger partial charge in [0.2, 0.25) is 0 Å². The molecule has 0 radical (unpaired) electrons. The number of benzene rings is 2. The van der Waals surface area contributed by atoms with Gasteiger partial charge in [-0.25, -0.2) is 4.79 Å². The third kappa shape index (κ3) is 3.17. The summed E-state index contributed by atoms with van der Waals surface area (Å²) in [5.74, 6) is -0.958. The zero-order valence-corrected chi connectivity index (χ0v) is 14.2. The van der Waals surface area contributed by atoms with Crippen LogP contribution < -0.4 is 14.9 Å². The van der Waals surface area contributed by atoms with Crippen molar-refractivity contribution in [2.75, 3.05) is 14.2 Å². The minimum Gasteiger partial charge on any atom is -0.496 e. The van der Waals surface area contributed by atoms with E-state index < -0.39 is 11.4 Å². The molecule has 1 heterocycles. The van der Waals surface area contributed by atoms with Gasteiger partial charge in [0.05, 0.1) is 14.2 Å². The maximum atomic E-state index is 12.6. The number of methoxy groups -OCH3 is 2. The molecular weight excluding hydrogens is 336 g/mol. The molecule has 0 aliphatic carbocycles. The maximum Gasteiger partial charge on any atom is 0.343 e. The minimum atomic E-state index is -1.26. The van der Waals surface area contributed by atoms with Crippen LogP contribution in [0.15, 0.2) is 51.7 Å². The monoisotopic (exact) mass is 352 g/mol. The Labute approximate surface area is 148 Å². The molecule has 132 valence electrons. The molecule has 2 aromatic carbocycles. The van der Waals surface area contributed by atoms with Crippen LogP contribution in [0.4, 0.5) is 0 Å². The highest BCUT2D eigenvalue weighted by Crippen LogP contribution is 2.35. The Kier molecular flexibility index (Phi) is 4.75. The molecule has 26 heavy (non-hydrogen) atoms. The lowest BCUT2D eigenvalue weighted by Gasteiger charge is -2.12. The fourth-order valence-electron chi connectivity index (χ4n) is 2.68. The van der Waals surface area contributed by atoms with Crippen LogP contribution in [0, 0.1) is 0 Å². The average Bonchev–Trinajstić information content (AvgIpc) is 2.65. The van der Waals surface area contributed by atoms with Gasteiger partial charge < -0.3 is 19.0 Å². The van der Waals surface area contributed by atoms with Crippen molar-refractivity contribution in [3.63, 3.8) is 0 Å². The van der Waals surface area contributed by atoms with E-state index in [1.807, 2.05) is 36.4 Å². The second kappa shape index (κ2) is 7.14. The summed E-state index contributed by atoms with van der Waals surface area (Å²) in [6.45, 7) is 0. The molecule has 0 aliphatic rings. The van der Waals surface area contributed by atoms with Crippen molar-refractivity contribution in [1.82, 2.24) is 0 Å². The Morgan fingerprint density at radius 1 is 1.08 bits per heavy atom. The van der Waals surface area contributed by atoms with Gasteiger partial charge in [0.1, 0.15) is 28.0 Å². The summed E-state index contributed by atoms with van der Waals surface area (Å²) in [5.41, 5.74) is 0.513. The van der Waals surface area contributed by atoms with Gasteiger partial charge in [0.15, 0.2) is 11.2 Å². The molecule has 1 aromatic heterocycles. The van der Waals surface area contributed by atoms with Gasteiger partial charge in [0.25, 0.3) is 0 Å². The number of carbonyl (C=O) groups is 1. The molecule has 0 bridgehead atoms. The summed E-state index contributed by atoms with van der Waals surface area (Å²) < 4.78 is 16.0. The molecule has 0 aliphatic heterocycles. The van der Waals surface area contributed by atoms with E-state index in [1.165, 1.54) is 26.4 Å². The molecule has 0 atom stereocenters. The van der Waals surface area contributed by atoms with Crippen molar-refractivity contribution >= 4 is 29.1 Å². The van der Waals surface area contributed by atoms with E-state index >= 15 is 0 Å². The van der Waals surface area contributed by atoms with E-state index in [1.54, 1.807) is 6.08 Å². The van der Waals surface area contributed by atoms with E-state index in [4.69, 9.17) is 13.9 Å². The van der Waals surface area contributed by atoms with Crippen molar-refractivity contribution < 1.29 is 23.8 Å². The topological polar surface area (TPSA) is 86.0 Å². The second-order valence-electron chi connectivity index (χ2n) is 5.42. The Bertz CT molecular complexity index is 1050. The van der Waals surface area contributed by atoms with Crippen LogP contribution >= 0.6 is 0 Å². The van der Waals surface area contributed by atoms with Crippen LogP contribution in [0.25, 0.3) is 23.1 Å². The zero-order valence-electron chi connectivity index (χ0n) is 14.2. The summed E-state index contributed by atoms with van der Waals surface area (Å²) >= 11 is 0. The van der Waals surface area contributed by atoms with Gasteiger partial charge in [-0.15, -0.1) is 0 Å². The number of carboxylic acids is 1. The summed E-state index contributed by atoms with van der Waals surface area (Å²) in [7, 11) is 2.63. The number of carboxylic acid groups (broad SMARTS) is 1. The van der Waals surface area contributed by atoms with E-state index in [9.17, 15) is 14.7 Å². The maximum absolute atomic E-state index is 12.6. The minimum absolute atomic E-state index is 0.0502. The zero-order chi connectivity index (χ0) is 18.7.